The first-order chi connectivity index (χ1) is 8.29. The molecule has 0 unspecified atom stereocenters. The second-order valence-electron chi connectivity index (χ2n) is 3.54. The Morgan fingerprint density at radius 3 is 2.65 bits per heavy atom. The first kappa shape index (κ1) is 11.7. The molecule has 4 heteroatoms. The quantitative estimate of drug-likeness (QED) is 0.843. The van der Waals surface area contributed by atoms with Gasteiger partial charge < -0.3 is 10.1 Å². The molecule has 0 saturated heterocycles. The zero-order valence-corrected chi connectivity index (χ0v) is 10.2. The molecule has 17 heavy (non-hydrogen) atoms. The van der Waals surface area contributed by atoms with Gasteiger partial charge in [-0.3, -0.25) is 0 Å². The molecule has 3 nitrogen and oxygen atoms in total. The normalized spacial score (nSPS) is 10.0. The van der Waals surface area contributed by atoms with Gasteiger partial charge in [0.05, 0.1) is 12.8 Å². The molecule has 0 aliphatic heterocycles. The van der Waals surface area contributed by atoms with Gasteiger partial charge in [-0.2, -0.15) is 0 Å². The van der Waals surface area contributed by atoms with Crippen molar-refractivity contribution in [2.24, 2.45) is 0 Å². The number of methoxy groups -OCH3 is 1. The van der Waals surface area contributed by atoms with E-state index in [4.69, 9.17) is 16.3 Å². The molecule has 0 amide bonds. The van der Waals surface area contributed by atoms with Crippen LogP contribution in [0.15, 0.2) is 42.6 Å². The summed E-state index contributed by atoms with van der Waals surface area (Å²) >= 11 is 5.94. The average Bonchev–Trinajstić information content (AvgIpc) is 2.38. The summed E-state index contributed by atoms with van der Waals surface area (Å²) < 4.78 is 5.10. The van der Waals surface area contributed by atoms with Gasteiger partial charge in [0.15, 0.2) is 5.15 Å². The molecule has 0 radical (unpaired) electrons. The van der Waals surface area contributed by atoms with Crippen molar-refractivity contribution in [3.63, 3.8) is 0 Å². The summed E-state index contributed by atoms with van der Waals surface area (Å²) in [5.74, 6) is 0.855. The number of nitrogens with zero attached hydrogens (tertiary/aromatic N) is 1. The molecule has 2 aromatic rings. The Balaban J connectivity index is 2.00. The van der Waals surface area contributed by atoms with E-state index in [2.05, 4.69) is 10.3 Å². The molecule has 0 saturated carbocycles. The molecule has 0 atom stereocenters. The van der Waals surface area contributed by atoms with Crippen LogP contribution in [0.1, 0.15) is 5.56 Å². The predicted octanol–water partition coefficient (Wildman–Crippen LogP) is 3.36. The Morgan fingerprint density at radius 2 is 2.00 bits per heavy atom. The third-order valence-electron chi connectivity index (χ3n) is 2.40. The maximum absolute atomic E-state index is 5.94. The maximum atomic E-state index is 5.94. The Morgan fingerprint density at radius 1 is 1.24 bits per heavy atom. The fourth-order valence-electron chi connectivity index (χ4n) is 1.46. The molecular formula is C13H13ClN2O. The van der Waals surface area contributed by atoms with Crippen LogP contribution < -0.4 is 10.1 Å². The van der Waals surface area contributed by atoms with E-state index < -0.39 is 0 Å². The Labute approximate surface area is 105 Å². The number of anilines is 1. The number of benzene rings is 1. The number of hydrogen-bond acceptors (Lipinski definition) is 3. The Bertz CT molecular complexity index is 485. The molecule has 0 bridgehead atoms. The molecule has 1 heterocycles. The van der Waals surface area contributed by atoms with Crippen molar-refractivity contribution in [1.82, 2.24) is 4.98 Å². The van der Waals surface area contributed by atoms with Crippen molar-refractivity contribution >= 4 is 17.3 Å². The minimum absolute atomic E-state index is 0.487. The fourth-order valence-corrected chi connectivity index (χ4v) is 1.64. The summed E-state index contributed by atoms with van der Waals surface area (Å²) in [6.07, 6.45) is 1.67. The van der Waals surface area contributed by atoms with Crippen LogP contribution in [0.25, 0.3) is 0 Å². The lowest BCUT2D eigenvalue weighted by Crippen LogP contribution is -2.00. The van der Waals surface area contributed by atoms with Gasteiger partial charge in [0.25, 0.3) is 0 Å². The number of ether oxygens (including phenoxy) is 1. The molecule has 0 aliphatic rings. The zero-order valence-electron chi connectivity index (χ0n) is 9.48. The van der Waals surface area contributed by atoms with Gasteiger partial charge in [0, 0.05) is 12.7 Å². The summed E-state index contributed by atoms with van der Waals surface area (Å²) in [5, 5.41) is 3.72. The highest BCUT2D eigenvalue weighted by molar-refractivity contribution is 6.31. The van der Waals surface area contributed by atoms with Crippen LogP contribution in [-0.2, 0) is 6.54 Å². The van der Waals surface area contributed by atoms with Crippen LogP contribution >= 0.6 is 11.6 Å². The van der Waals surface area contributed by atoms with E-state index in [1.165, 1.54) is 0 Å². The first-order valence-corrected chi connectivity index (χ1v) is 5.64. The Hall–Kier alpha value is -1.74. The third kappa shape index (κ3) is 3.11. The fraction of sp³-hybridized carbons (Fsp3) is 0.154. The second-order valence-corrected chi connectivity index (χ2v) is 3.90. The topological polar surface area (TPSA) is 34.1 Å². The zero-order chi connectivity index (χ0) is 12.1. The monoisotopic (exact) mass is 248 g/mol. The predicted molar refractivity (Wildman–Crippen MR) is 69.6 cm³/mol. The van der Waals surface area contributed by atoms with Crippen LogP contribution in [0.2, 0.25) is 5.15 Å². The van der Waals surface area contributed by atoms with E-state index in [1.54, 1.807) is 13.3 Å². The van der Waals surface area contributed by atoms with Crippen molar-refractivity contribution in [2.45, 2.75) is 6.54 Å². The van der Waals surface area contributed by atoms with Gasteiger partial charge in [-0.15, -0.1) is 0 Å². The minimum Gasteiger partial charge on any atom is -0.497 e. The standard InChI is InChI=1S/C13H13ClN2O/c1-17-11-6-4-10(5-7-11)9-16-12-3-2-8-15-13(12)14/h2-8,16H,9H2,1H3. The van der Waals surface area contributed by atoms with Gasteiger partial charge in [-0.25, -0.2) is 4.98 Å². The number of pyridine rings is 1. The lowest BCUT2D eigenvalue weighted by Gasteiger charge is -2.08. The van der Waals surface area contributed by atoms with E-state index in [9.17, 15) is 0 Å². The van der Waals surface area contributed by atoms with Gasteiger partial charge in [-0.1, -0.05) is 23.7 Å². The summed E-state index contributed by atoms with van der Waals surface area (Å²) in [6.45, 7) is 0.704. The molecular weight excluding hydrogens is 236 g/mol. The van der Waals surface area contributed by atoms with Crippen molar-refractivity contribution in [3.05, 3.63) is 53.3 Å². The van der Waals surface area contributed by atoms with Gasteiger partial charge >= 0.3 is 0 Å². The summed E-state index contributed by atoms with van der Waals surface area (Å²) in [4.78, 5) is 4.00. The van der Waals surface area contributed by atoms with Gasteiger partial charge in [-0.05, 0) is 29.8 Å². The van der Waals surface area contributed by atoms with Crippen LogP contribution in [0, 0.1) is 0 Å². The van der Waals surface area contributed by atoms with Crippen LogP contribution in [0.3, 0.4) is 0 Å². The maximum Gasteiger partial charge on any atom is 0.152 e. The van der Waals surface area contributed by atoms with Crippen LogP contribution in [0.5, 0.6) is 5.75 Å². The number of rotatable bonds is 4. The van der Waals surface area contributed by atoms with Gasteiger partial charge in [0.2, 0.25) is 0 Å². The number of halogens is 1. The van der Waals surface area contributed by atoms with E-state index in [1.807, 2.05) is 36.4 Å². The minimum atomic E-state index is 0.487. The number of nitrogens with one attached hydrogen (secondary N) is 1. The highest BCUT2D eigenvalue weighted by Gasteiger charge is 1.99. The summed E-state index contributed by atoms with van der Waals surface area (Å²) in [6, 6.07) is 11.6. The molecule has 0 aliphatic carbocycles. The van der Waals surface area contributed by atoms with Crippen molar-refractivity contribution in [2.75, 3.05) is 12.4 Å². The van der Waals surface area contributed by atoms with Gasteiger partial charge in [0.1, 0.15) is 5.75 Å². The van der Waals surface area contributed by atoms with Crippen molar-refractivity contribution < 1.29 is 4.74 Å². The molecule has 0 spiro atoms. The number of hydrogen-bond donors (Lipinski definition) is 1. The molecule has 2 rings (SSSR count). The Kier molecular flexibility index (Phi) is 3.83. The highest BCUT2D eigenvalue weighted by atomic mass is 35.5. The molecule has 1 aromatic heterocycles. The molecule has 1 aromatic carbocycles. The molecule has 1 N–H and O–H groups in total. The lowest BCUT2D eigenvalue weighted by molar-refractivity contribution is 0.414. The number of aromatic nitrogens is 1. The largest absolute Gasteiger partial charge is 0.497 e. The highest BCUT2D eigenvalue weighted by Crippen LogP contribution is 2.19. The van der Waals surface area contributed by atoms with Crippen LogP contribution in [-0.4, -0.2) is 12.1 Å². The molecule has 0 fully saturated rings. The molecule has 88 valence electrons. The SMILES string of the molecule is COc1ccc(CNc2cccnc2Cl)cc1. The van der Waals surface area contributed by atoms with Crippen molar-refractivity contribution in [3.8, 4) is 5.75 Å². The van der Waals surface area contributed by atoms with E-state index in [-0.39, 0.29) is 0 Å². The first-order valence-electron chi connectivity index (χ1n) is 5.27. The van der Waals surface area contributed by atoms with Crippen molar-refractivity contribution in [1.29, 1.82) is 0 Å². The van der Waals surface area contributed by atoms with E-state index >= 15 is 0 Å². The lowest BCUT2D eigenvalue weighted by atomic mass is 10.2. The smallest absolute Gasteiger partial charge is 0.152 e. The van der Waals surface area contributed by atoms with Crippen LogP contribution in [0.4, 0.5) is 5.69 Å². The summed E-state index contributed by atoms with van der Waals surface area (Å²) in [5.41, 5.74) is 2.00. The summed E-state index contributed by atoms with van der Waals surface area (Å²) in [7, 11) is 1.66. The van der Waals surface area contributed by atoms with E-state index in [0.29, 0.717) is 11.7 Å². The van der Waals surface area contributed by atoms with E-state index in [0.717, 1.165) is 17.0 Å². The third-order valence-corrected chi connectivity index (χ3v) is 2.70. The average molecular weight is 249 g/mol. The second kappa shape index (κ2) is 5.55.